The zero-order valence-electron chi connectivity index (χ0n) is 13.3. The molecule has 0 aliphatic rings. The van der Waals surface area contributed by atoms with E-state index in [0.717, 1.165) is 19.5 Å². The fourth-order valence-electron chi connectivity index (χ4n) is 2.39. The molecule has 0 saturated heterocycles. The standard InChI is InChI=1S/C18H24N2OS/c1-3-10-20(13-16-7-5-4-6-8-16)14-18(21)19-12-17-15(2)9-11-22-17/h4-9,11H,3,10,12-14H2,1-2H3,(H,19,21). The van der Waals surface area contributed by atoms with Crippen LogP contribution < -0.4 is 5.32 Å². The zero-order valence-corrected chi connectivity index (χ0v) is 14.2. The number of aryl methyl sites for hydroxylation is 1. The van der Waals surface area contributed by atoms with Crippen molar-refractivity contribution in [2.45, 2.75) is 33.4 Å². The summed E-state index contributed by atoms with van der Waals surface area (Å²) in [6, 6.07) is 12.4. The van der Waals surface area contributed by atoms with Gasteiger partial charge in [0.2, 0.25) is 5.91 Å². The second kappa shape index (κ2) is 8.71. The quantitative estimate of drug-likeness (QED) is 0.807. The normalized spacial score (nSPS) is 10.9. The minimum absolute atomic E-state index is 0.0946. The summed E-state index contributed by atoms with van der Waals surface area (Å²) in [5.74, 6) is 0.0946. The molecular formula is C18H24N2OS. The van der Waals surface area contributed by atoms with Gasteiger partial charge in [-0.2, -0.15) is 0 Å². The van der Waals surface area contributed by atoms with Crippen LogP contribution in [-0.4, -0.2) is 23.9 Å². The topological polar surface area (TPSA) is 32.3 Å². The molecule has 1 aromatic carbocycles. The minimum atomic E-state index is 0.0946. The SMILES string of the molecule is CCCN(CC(=O)NCc1sccc1C)Cc1ccccc1. The number of nitrogens with zero attached hydrogens (tertiary/aromatic N) is 1. The molecular weight excluding hydrogens is 292 g/mol. The van der Waals surface area contributed by atoms with Gasteiger partial charge in [0.1, 0.15) is 0 Å². The van der Waals surface area contributed by atoms with E-state index in [2.05, 4.69) is 47.6 Å². The average molecular weight is 316 g/mol. The van der Waals surface area contributed by atoms with Crippen LogP contribution in [0.25, 0.3) is 0 Å². The van der Waals surface area contributed by atoms with E-state index in [4.69, 9.17) is 0 Å². The number of thiophene rings is 1. The molecule has 3 nitrogen and oxygen atoms in total. The smallest absolute Gasteiger partial charge is 0.234 e. The third kappa shape index (κ3) is 5.28. The first kappa shape index (κ1) is 16.7. The van der Waals surface area contributed by atoms with E-state index in [1.54, 1.807) is 11.3 Å². The lowest BCUT2D eigenvalue weighted by Crippen LogP contribution is -2.37. The summed E-state index contributed by atoms with van der Waals surface area (Å²) in [5.41, 5.74) is 2.50. The fraction of sp³-hybridized carbons (Fsp3) is 0.389. The first-order valence-electron chi connectivity index (χ1n) is 7.75. The maximum atomic E-state index is 12.2. The highest BCUT2D eigenvalue weighted by Gasteiger charge is 2.11. The highest BCUT2D eigenvalue weighted by molar-refractivity contribution is 7.10. The molecule has 0 unspecified atom stereocenters. The summed E-state index contributed by atoms with van der Waals surface area (Å²) in [5, 5.41) is 5.10. The Morgan fingerprint density at radius 3 is 2.64 bits per heavy atom. The molecule has 22 heavy (non-hydrogen) atoms. The van der Waals surface area contributed by atoms with Gasteiger partial charge in [0.15, 0.2) is 0 Å². The number of rotatable bonds is 8. The molecule has 4 heteroatoms. The van der Waals surface area contributed by atoms with E-state index >= 15 is 0 Å². The number of nitrogens with one attached hydrogen (secondary N) is 1. The van der Waals surface area contributed by atoms with Gasteiger partial charge < -0.3 is 5.32 Å². The van der Waals surface area contributed by atoms with Crippen molar-refractivity contribution < 1.29 is 4.79 Å². The van der Waals surface area contributed by atoms with Crippen molar-refractivity contribution >= 4 is 17.2 Å². The van der Waals surface area contributed by atoms with Gasteiger partial charge in [0.25, 0.3) is 0 Å². The molecule has 0 saturated carbocycles. The molecule has 1 heterocycles. The van der Waals surface area contributed by atoms with Crippen LogP contribution in [0.3, 0.4) is 0 Å². The van der Waals surface area contributed by atoms with Crippen molar-refractivity contribution in [3.63, 3.8) is 0 Å². The maximum Gasteiger partial charge on any atom is 0.234 e. The van der Waals surface area contributed by atoms with E-state index in [1.165, 1.54) is 16.0 Å². The molecule has 0 fully saturated rings. The Kier molecular flexibility index (Phi) is 6.62. The van der Waals surface area contributed by atoms with E-state index in [0.29, 0.717) is 13.1 Å². The van der Waals surface area contributed by atoms with Gasteiger partial charge in [0.05, 0.1) is 13.1 Å². The van der Waals surface area contributed by atoms with Gasteiger partial charge in [-0.1, -0.05) is 37.3 Å². The lowest BCUT2D eigenvalue weighted by molar-refractivity contribution is -0.122. The Bertz CT molecular complexity index is 580. The molecule has 0 radical (unpaired) electrons. The largest absolute Gasteiger partial charge is 0.350 e. The highest BCUT2D eigenvalue weighted by atomic mass is 32.1. The summed E-state index contributed by atoms with van der Waals surface area (Å²) in [6.45, 7) is 7.06. The van der Waals surface area contributed by atoms with Crippen LogP contribution in [0.2, 0.25) is 0 Å². The molecule has 0 bridgehead atoms. The Morgan fingerprint density at radius 1 is 1.23 bits per heavy atom. The number of hydrogen-bond donors (Lipinski definition) is 1. The summed E-state index contributed by atoms with van der Waals surface area (Å²) >= 11 is 1.69. The number of hydrogen-bond acceptors (Lipinski definition) is 3. The number of carbonyl (C=O) groups excluding carboxylic acids is 1. The third-order valence-corrected chi connectivity index (χ3v) is 4.59. The lowest BCUT2D eigenvalue weighted by Gasteiger charge is -2.21. The van der Waals surface area contributed by atoms with Crippen LogP contribution in [0.15, 0.2) is 41.8 Å². The summed E-state index contributed by atoms with van der Waals surface area (Å²) in [6.07, 6.45) is 1.05. The monoisotopic (exact) mass is 316 g/mol. The van der Waals surface area contributed by atoms with Crippen molar-refractivity contribution in [1.29, 1.82) is 0 Å². The first-order valence-corrected chi connectivity index (χ1v) is 8.63. The first-order chi connectivity index (χ1) is 10.7. The molecule has 1 aromatic heterocycles. The van der Waals surface area contributed by atoms with Crippen molar-refractivity contribution in [1.82, 2.24) is 10.2 Å². The predicted molar refractivity (Wildman–Crippen MR) is 92.9 cm³/mol. The van der Waals surface area contributed by atoms with Crippen LogP contribution in [0, 0.1) is 6.92 Å². The summed E-state index contributed by atoms with van der Waals surface area (Å²) in [7, 11) is 0. The Morgan fingerprint density at radius 2 is 2.00 bits per heavy atom. The van der Waals surface area contributed by atoms with Crippen LogP contribution in [0.4, 0.5) is 0 Å². The van der Waals surface area contributed by atoms with Crippen LogP contribution in [-0.2, 0) is 17.9 Å². The van der Waals surface area contributed by atoms with Gasteiger partial charge in [-0.15, -0.1) is 11.3 Å². The van der Waals surface area contributed by atoms with Crippen LogP contribution in [0.5, 0.6) is 0 Å². The lowest BCUT2D eigenvalue weighted by atomic mass is 10.2. The molecule has 0 atom stereocenters. The number of amides is 1. The third-order valence-electron chi connectivity index (χ3n) is 3.57. The maximum absolute atomic E-state index is 12.2. The van der Waals surface area contributed by atoms with Gasteiger partial charge in [0, 0.05) is 11.4 Å². The minimum Gasteiger partial charge on any atom is -0.350 e. The molecule has 2 aromatic rings. The van der Waals surface area contributed by atoms with E-state index in [-0.39, 0.29) is 5.91 Å². The van der Waals surface area contributed by atoms with Crippen molar-refractivity contribution in [3.05, 3.63) is 57.8 Å². The molecule has 118 valence electrons. The highest BCUT2D eigenvalue weighted by Crippen LogP contribution is 2.14. The van der Waals surface area contributed by atoms with Crippen molar-refractivity contribution in [2.75, 3.05) is 13.1 Å². The Balaban J connectivity index is 1.84. The molecule has 1 N–H and O–H groups in total. The second-order valence-electron chi connectivity index (χ2n) is 5.50. The van der Waals surface area contributed by atoms with E-state index in [9.17, 15) is 4.79 Å². The van der Waals surface area contributed by atoms with Crippen molar-refractivity contribution in [3.8, 4) is 0 Å². The van der Waals surface area contributed by atoms with E-state index < -0.39 is 0 Å². The molecule has 0 aliphatic heterocycles. The molecule has 0 spiro atoms. The van der Waals surface area contributed by atoms with Gasteiger partial charge in [-0.25, -0.2) is 0 Å². The summed E-state index contributed by atoms with van der Waals surface area (Å²) < 4.78 is 0. The van der Waals surface area contributed by atoms with Crippen LogP contribution >= 0.6 is 11.3 Å². The second-order valence-corrected chi connectivity index (χ2v) is 6.50. The van der Waals surface area contributed by atoms with E-state index in [1.807, 2.05) is 18.2 Å². The number of carbonyl (C=O) groups is 1. The summed E-state index contributed by atoms with van der Waals surface area (Å²) in [4.78, 5) is 15.6. The Labute approximate surface area is 137 Å². The molecule has 2 rings (SSSR count). The zero-order chi connectivity index (χ0) is 15.8. The number of benzene rings is 1. The van der Waals surface area contributed by atoms with Gasteiger partial charge in [-0.05, 0) is 42.5 Å². The average Bonchev–Trinajstić information content (AvgIpc) is 2.92. The van der Waals surface area contributed by atoms with Crippen molar-refractivity contribution in [2.24, 2.45) is 0 Å². The van der Waals surface area contributed by atoms with Gasteiger partial charge in [-0.3, -0.25) is 9.69 Å². The predicted octanol–water partition coefficient (Wildman–Crippen LogP) is 3.58. The Hall–Kier alpha value is -1.65. The molecule has 0 aliphatic carbocycles. The fourth-order valence-corrected chi connectivity index (χ4v) is 3.24. The van der Waals surface area contributed by atoms with Crippen LogP contribution in [0.1, 0.15) is 29.3 Å². The van der Waals surface area contributed by atoms with Gasteiger partial charge >= 0.3 is 0 Å². The molecule has 1 amide bonds.